The minimum Gasteiger partial charge on any atom is -0.481 e. The largest absolute Gasteiger partial charge is 0.481 e. The first kappa shape index (κ1) is 14.6. The van der Waals surface area contributed by atoms with Gasteiger partial charge >= 0.3 is 12.0 Å². The summed E-state index contributed by atoms with van der Waals surface area (Å²) in [5.41, 5.74) is -1.62. The summed E-state index contributed by atoms with van der Waals surface area (Å²) in [6, 6.07) is -0.883. The Morgan fingerprint density at radius 1 is 1.38 bits per heavy atom. The van der Waals surface area contributed by atoms with E-state index in [1.165, 1.54) is 6.92 Å². The second kappa shape index (κ2) is 6.21. The molecule has 0 aliphatic carbocycles. The molecule has 94 valence electrons. The van der Waals surface area contributed by atoms with Gasteiger partial charge in [-0.1, -0.05) is 0 Å². The van der Waals surface area contributed by atoms with Gasteiger partial charge in [-0.25, -0.2) is 13.6 Å². The van der Waals surface area contributed by atoms with Crippen LogP contribution in [-0.4, -0.2) is 47.3 Å². The van der Waals surface area contributed by atoms with Crippen molar-refractivity contribution in [3.8, 4) is 0 Å². The number of alkyl halides is 2. The molecular weight excluding hydrogens is 226 g/mol. The van der Waals surface area contributed by atoms with E-state index in [1.807, 2.05) is 5.32 Å². The van der Waals surface area contributed by atoms with E-state index in [2.05, 4.69) is 5.32 Å². The number of hydrogen-bond acceptors (Lipinski definition) is 3. The Balaban J connectivity index is 3.86. The van der Waals surface area contributed by atoms with E-state index >= 15 is 0 Å². The quantitative estimate of drug-likeness (QED) is 0.515. The fourth-order valence-electron chi connectivity index (χ4n) is 0.891. The van der Waals surface area contributed by atoms with Crippen molar-refractivity contribution in [1.82, 2.24) is 10.6 Å². The fraction of sp³-hybridized carbons (Fsp3) is 0.750. The van der Waals surface area contributed by atoms with Crippen LogP contribution in [0.3, 0.4) is 0 Å². The molecule has 0 aromatic heterocycles. The zero-order valence-corrected chi connectivity index (χ0v) is 8.67. The Labute approximate surface area is 90.6 Å². The van der Waals surface area contributed by atoms with Crippen LogP contribution < -0.4 is 10.6 Å². The summed E-state index contributed by atoms with van der Waals surface area (Å²) in [5, 5.41) is 21.8. The first-order valence-corrected chi connectivity index (χ1v) is 4.47. The van der Waals surface area contributed by atoms with Crippen LogP contribution in [0.4, 0.5) is 13.6 Å². The Bertz CT molecular complexity index is 258. The van der Waals surface area contributed by atoms with Crippen molar-refractivity contribution in [3.05, 3.63) is 0 Å². The number of carboxylic acids is 1. The van der Waals surface area contributed by atoms with Gasteiger partial charge in [0.1, 0.15) is 0 Å². The lowest BCUT2D eigenvalue weighted by atomic mass is 10.0. The molecule has 0 aromatic rings. The van der Waals surface area contributed by atoms with Crippen LogP contribution in [0, 0.1) is 0 Å². The third-order valence-corrected chi connectivity index (χ3v) is 1.58. The van der Waals surface area contributed by atoms with Crippen molar-refractivity contribution in [2.24, 2.45) is 0 Å². The van der Waals surface area contributed by atoms with Gasteiger partial charge in [0.15, 0.2) is 0 Å². The van der Waals surface area contributed by atoms with E-state index in [-0.39, 0.29) is 6.54 Å². The van der Waals surface area contributed by atoms with Gasteiger partial charge in [0, 0.05) is 6.54 Å². The standard InChI is InChI=1S/C8H14F2N2O4/c1-8(16,2-6(13)14)4-12-7(15)11-3-5(9)10/h5,16H,2-4H2,1H3,(H,13,14)(H2,11,12,15). The molecule has 2 amide bonds. The lowest BCUT2D eigenvalue weighted by Crippen LogP contribution is -2.46. The Morgan fingerprint density at radius 2 is 1.94 bits per heavy atom. The number of aliphatic hydroxyl groups is 1. The van der Waals surface area contributed by atoms with Crippen molar-refractivity contribution in [2.45, 2.75) is 25.4 Å². The molecule has 0 fully saturated rings. The van der Waals surface area contributed by atoms with Crippen molar-refractivity contribution in [3.63, 3.8) is 0 Å². The van der Waals surface area contributed by atoms with Crippen molar-refractivity contribution >= 4 is 12.0 Å². The molecule has 0 saturated heterocycles. The SMILES string of the molecule is CC(O)(CNC(=O)NCC(F)F)CC(=O)O. The van der Waals surface area contributed by atoms with E-state index < -0.39 is 37.0 Å². The van der Waals surface area contributed by atoms with Gasteiger partial charge in [0.05, 0.1) is 18.6 Å². The van der Waals surface area contributed by atoms with Crippen LogP contribution in [0.5, 0.6) is 0 Å². The number of aliphatic carboxylic acids is 1. The number of carboxylic acid groups (broad SMARTS) is 1. The molecule has 0 aliphatic heterocycles. The maximum atomic E-state index is 11.7. The van der Waals surface area contributed by atoms with Crippen molar-refractivity contribution < 1.29 is 28.6 Å². The maximum Gasteiger partial charge on any atom is 0.315 e. The first-order valence-electron chi connectivity index (χ1n) is 4.47. The van der Waals surface area contributed by atoms with E-state index in [4.69, 9.17) is 5.11 Å². The molecular formula is C8H14F2N2O4. The molecule has 0 spiro atoms. The molecule has 0 radical (unpaired) electrons. The summed E-state index contributed by atoms with van der Waals surface area (Å²) in [5.74, 6) is -1.22. The van der Waals surface area contributed by atoms with Gasteiger partial charge in [-0.2, -0.15) is 0 Å². The summed E-state index contributed by atoms with van der Waals surface area (Å²) in [4.78, 5) is 21.2. The van der Waals surface area contributed by atoms with E-state index in [9.17, 15) is 23.5 Å². The number of urea groups is 1. The third kappa shape index (κ3) is 7.92. The van der Waals surface area contributed by atoms with Gasteiger partial charge in [0.25, 0.3) is 6.43 Å². The number of carbonyl (C=O) groups excluding carboxylic acids is 1. The topological polar surface area (TPSA) is 98.7 Å². The minimum atomic E-state index is -2.66. The smallest absolute Gasteiger partial charge is 0.315 e. The second-order valence-electron chi connectivity index (χ2n) is 3.52. The first-order chi connectivity index (χ1) is 7.23. The Hall–Kier alpha value is -1.44. The summed E-state index contributed by atoms with van der Waals surface area (Å²) in [6.07, 6.45) is -3.22. The molecule has 0 aromatic carbocycles. The van der Waals surface area contributed by atoms with Crippen LogP contribution in [0.2, 0.25) is 0 Å². The number of amides is 2. The zero-order valence-electron chi connectivity index (χ0n) is 8.67. The second-order valence-corrected chi connectivity index (χ2v) is 3.52. The van der Waals surface area contributed by atoms with Crippen LogP contribution in [0.1, 0.15) is 13.3 Å². The number of carbonyl (C=O) groups is 2. The van der Waals surface area contributed by atoms with Crippen LogP contribution in [0.25, 0.3) is 0 Å². The predicted octanol–water partition coefficient (Wildman–Crippen LogP) is -0.224. The summed E-state index contributed by atoms with van der Waals surface area (Å²) < 4.78 is 23.3. The van der Waals surface area contributed by atoms with Gasteiger partial charge in [-0.05, 0) is 6.92 Å². The molecule has 0 aliphatic rings. The van der Waals surface area contributed by atoms with Crippen LogP contribution in [-0.2, 0) is 4.79 Å². The van der Waals surface area contributed by atoms with Crippen molar-refractivity contribution in [1.29, 1.82) is 0 Å². The summed E-state index contributed by atoms with van der Waals surface area (Å²) in [7, 11) is 0. The van der Waals surface area contributed by atoms with E-state index in [1.54, 1.807) is 0 Å². The highest BCUT2D eigenvalue weighted by atomic mass is 19.3. The molecule has 6 nitrogen and oxygen atoms in total. The molecule has 4 N–H and O–H groups in total. The molecule has 16 heavy (non-hydrogen) atoms. The Morgan fingerprint density at radius 3 is 2.38 bits per heavy atom. The van der Waals surface area contributed by atoms with E-state index in [0.29, 0.717) is 0 Å². The molecule has 1 unspecified atom stereocenters. The maximum absolute atomic E-state index is 11.7. The average molecular weight is 240 g/mol. The monoisotopic (exact) mass is 240 g/mol. The van der Waals surface area contributed by atoms with E-state index in [0.717, 1.165) is 0 Å². The molecule has 0 rings (SSSR count). The summed E-state index contributed by atoms with van der Waals surface area (Å²) in [6.45, 7) is 0.0792. The van der Waals surface area contributed by atoms with Gasteiger partial charge < -0.3 is 20.8 Å². The molecule has 8 heteroatoms. The molecule has 0 heterocycles. The van der Waals surface area contributed by atoms with Gasteiger partial charge in [-0.15, -0.1) is 0 Å². The highest BCUT2D eigenvalue weighted by Gasteiger charge is 2.24. The average Bonchev–Trinajstić information content (AvgIpc) is 2.09. The number of hydrogen-bond donors (Lipinski definition) is 4. The predicted molar refractivity (Wildman–Crippen MR) is 50.3 cm³/mol. The zero-order chi connectivity index (χ0) is 12.8. The minimum absolute atomic E-state index is 0.339. The number of rotatable bonds is 6. The molecule has 0 bridgehead atoms. The van der Waals surface area contributed by atoms with Crippen LogP contribution in [0.15, 0.2) is 0 Å². The van der Waals surface area contributed by atoms with Gasteiger partial charge in [-0.3, -0.25) is 4.79 Å². The number of halogens is 2. The fourth-order valence-corrected chi connectivity index (χ4v) is 0.891. The van der Waals surface area contributed by atoms with Gasteiger partial charge in [0.2, 0.25) is 0 Å². The molecule has 0 saturated carbocycles. The third-order valence-electron chi connectivity index (χ3n) is 1.58. The van der Waals surface area contributed by atoms with Crippen molar-refractivity contribution in [2.75, 3.05) is 13.1 Å². The lowest BCUT2D eigenvalue weighted by Gasteiger charge is -2.21. The highest BCUT2D eigenvalue weighted by molar-refractivity contribution is 5.74. The Kier molecular flexibility index (Phi) is 5.65. The number of nitrogens with one attached hydrogen (secondary N) is 2. The summed E-state index contributed by atoms with van der Waals surface area (Å²) >= 11 is 0. The lowest BCUT2D eigenvalue weighted by molar-refractivity contribution is -0.141. The highest BCUT2D eigenvalue weighted by Crippen LogP contribution is 2.06. The normalized spacial score (nSPS) is 14.3. The molecule has 1 atom stereocenters. The van der Waals surface area contributed by atoms with Crippen LogP contribution >= 0.6 is 0 Å².